The van der Waals surface area contributed by atoms with Gasteiger partial charge in [-0.1, -0.05) is 0 Å². The molecule has 70 valence electrons. The SMILES string of the molecule is CNC(=O)CNC(=O)c1ncn[nH]1. The molecule has 3 N–H and O–H groups in total. The first-order valence-electron chi connectivity index (χ1n) is 3.58. The molecular formula is C6H9N5O2. The Hall–Kier alpha value is -1.92. The van der Waals surface area contributed by atoms with Crippen molar-refractivity contribution in [1.29, 1.82) is 0 Å². The Labute approximate surface area is 73.9 Å². The van der Waals surface area contributed by atoms with Crippen molar-refractivity contribution >= 4 is 11.8 Å². The van der Waals surface area contributed by atoms with Crippen LogP contribution in [0.1, 0.15) is 10.6 Å². The van der Waals surface area contributed by atoms with Crippen LogP contribution in [0.15, 0.2) is 6.33 Å². The minimum Gasteiger partial charge on any atom is -0.358 e. The third-order valence-corrected chi connectivity index (χ3v) is 1.32. The Bertz CT molecular complexity index is 294. The van der Waals surface area contributed by atoms with E-state index in [9.17, 15) is 9.59 Å². The van der Waals surface area contributed by atoms with Crippen LogP contribution in [0.2, 0.25) is 0 Å². The summed E-state index contributed by atoms with van der Waals surface area (Å²) in [5, 5.41) is 10.6. The Morgan fingerprint density at radius 1 is 1.62 bits per heavy atom. The van der Waals surface area contributed by atoms with Gasteiger partial charge in [0.25, 0.3) is 5.91 Å². The third-order valence-electron chi connectivity index (χ3n) is 1.32. The van der Waals surface area contributed by atoms with Gasteiger partial charge in [0, 0.05) is 7.05 Å². The largest absolute Gasteiger partial charge is 0.358 e. The van der Waals surface area contributed by atoms with E-state index in [1.807, 2.05) is 0 Å². The van der Waals surface area contributed by atoms with Gasteiger partial charge in [-0.05, 0) is 0 Å². The highest BCUT2D eigenvalue weighted by Crippen LogP contribution is 1.83. The molecule has 0 atom stereocenters. The lowest BCUT2D eigenvalue weighted by Gasteiger charge is -2.00. The third kappa shape index (κ3) is 2.55. The number of H-pyrrole nitrogens is 1. The molecular weight excluding hydrogens is 174 g/mol. The monoisotopic (exact) mass is 183 g/mol. The van der Waals surface area contributed by atoms with Gasteiger partial charge < -0.3 is 10.6 Å². The summed E-state index contributed by atoms with van der Waals surface area (Å²) in [5.74, 6) is -0.641. The first kappa shape index (κ1) is 9.17. The average Bonchev–Trinajstić information content (AvgIpc) is 2.66. The number of nitrogens with zero attached hydrogens (tertiary/aromatic N) is 2. The Morgan fingerprint density at radius 3 is 2.92 bits per heavy atom. The van der Waals surface area contributed by atoms with Crippen LogP contribution >= 0.6 is 0 Å². The van der Waals surface area contributed by atoms with Crippen LogP contribution in [-0.4, -0.2) is 40.6 Å². The second-order valence-corrected chi connectivity index (χ2v) is 2.19. The number of aromatic amines is 1. The average molecular weight is 183 g/mol. The number of nitrogens with one attached hydrogen (secondary N) is 3. The number of rotatable bonds is 3. The summed E-state index contributed by atoms with van der Waals surface area (Å²) >= 11 is 0. The van der Waals surface area contributed by atoms with Crippen molar-refractivity contribution in [3.63, 3.8) is 0 Å². The molecule has 0 saturated heterocycles. The summed E-state index contributed by atoms with van der Waals surface area (Å²) < 4.78 is 0. The molecule has 7 heteroatoms. The fourth-order valence-electron chi connectivity index (χ4n) is 0.648. The molecule has 0 aromatic carbocycles. The molecule has 0 fully saturated rings. The van der Waals surface area contributed by atoms with Gasteiger partial charge in [-0.15, -0.1) is 0 Å². The van der Waals surface area contributed by atoms with Gasteiger partial charge in [-0.25, -0.2) is 4.98 Å². The molecule has 1 heterocycles. The van der Waals surface area contributed by atoms with Crippen LogP contribution in [0, 0.1) is 0 Å². The molecule has 1 rings (SSSR count). The second-order valence-electron chi connectivity index (χ2n) is 2.19. The van der Waals surface area contributed by atoms with Crippen LogP contribution in [0.4, 0.5) is 0 Å². The zero-order chi connectivity index (χ0) is 9.68. The molecule has 0 bridgehead atoms. The van der Waals surface area contributed by atoms with Crippen molar-refractivity contribution in [3.05, 3.63) is 12.2 Å². The summed E-state index contributed by atoms with van der Waals surface area (Å²) in [4.78, 5) is 25.4. The van der Waals surface area contributed by atoms with Gasteiger partial charge in [-0.3, -0.25) is 14.7 Å². The number of amides is 2. The molecule has 13 heavy (non-hydrogen) atoms. The first-order chi connectivity index (χ1) is 6.24. The van der Waals surface area contributed by atoms with E-state index in [2.05, 4.69) is 25.8 Å². The van der Waals surface area contributed by atoms with Crippen molar-refractivity contribution < 1.29 is 9.59 Å². The standard InChI is InChI=1S/C6H9N5O2/c1-7-4(12)2-8-6(13)5-9-3-10-11-5/h3H,2H2,1H3,(H,7,12)(H,8,13)(H,9,10,11). The number of likely N-dealkylation sites (N-methyl/N-ethyl adjacent to an activating group) is 1. The van der Waals surface area contributed by atoms with E-state index in [-0.39, 0.29) is 18.3 Å². The minimum absolute atomic E-state index is 0.0734. The molecule has 0 aliphatic carbocycles. The predicted octanol–water partition coefficient (Wildman–Crippen LogP) is -1.72. The van der Waals surface area contributed by atoms with Gasteiger partial charge in [-0.2, -0.15) is 5.10 Å². The second kappa shape index (κ2) is 4.19. The normalized spacial score (nSPS) is 9.31. The summed E-state index contributed by atoms with van der Waals surface area (Å²) in [5.41, 5.74) is 0. The Balaban J connectivity index is 2.39. The van der Waals surface area contributed by atoms with Crippen molar-refractivity contribution in [2.75, 3.05) is 13.6 Å². The lowest BCUT2D eigenvalue weighted by Crippen LogP contribution is -2.35. The maximum Gasteiger partial charge on any atom is 0.289 e. The molecule has 7 nitrogen and oxygen atoms in total. The zero-order valence-corrected chi connectivity index (χ0v) is 7.00. The predicted molar refractivity (Wildman–Crippen MR) is 42.8 cm³/mol. The number of hydrogen-bond acceptors (Lipinski definition) is 4. The molecule has 0 saturated carbocycles. The van der Waals surface area contributed by atoms with Crippen LogP contribution in [0.5, 0.6) is 0 Å². The van der Waals surface area contributed by atoms with Gasteiger partial charge in [0.05, 0.1) is 6.54 Å². The van der Waals surface area contributed by atoms with E-state index in [1.165, 1.54) is 13.4 Å². The summed E-state index contributed by atoms with van der Waals surface area (Å²) in [6, 6.07) is 0. The number of aromatic nitrogens is 3. The van der Waals surface area contributed by atoms with Crippen molar-refractivity contribution in [2.24, 2.45) is 0 Å². The fourth-order valence-corrected chi connectivity index (χ4v) is 0.648. The minimum atomic E-state index is -0.457. The Kier molecular flexibility index (Phi) is 2.96. The van der Waals surface area contributed by atoms with Gasteiger partial charge in [0.15, 0.2) is 0 Å². The van der Waals surface area contributed by atoms with Crippen LogP contribution in [-0.2, 0) is 4.79 Å². The molecule has 0 unspecified atom stereocenters. The maximum absolute atomic E-state index is 11.1. The highest BCUT2D eigenvalue weighted by Gasteiger charge is 2.08. The van der Waals surface area contributed by atoms with Crippen LogP contribution < -0.4 is 10.6 Å². The van der Waals surface area contributed by atoms with E-state index in [0.29, 0.717) is 0 Å². The van der Waals surface area contributed by atoms with Crippen molar-refractivity contribution in [2.45, 2.75) is 0 Å². The quantitative estimate of drug-likeness (QED) is 0.519. The van der Waals surface area contributed by atoms with Gasteiger partial charge >= 0.3 is 0 Å². The fraction of sp³-hybridized carbons (Fsp3) is 0.333. The molecule has 0 radical (unpaired) electrons. The lowest BCUT2D eigenvalue weighted by atomic mass is 10.5. The molecule has 0 spiro atoms. The van der Waals surface area contributed by atoms with Gasteiger partial charge in [0.1, 0.15) is 6.33 Å². The van der Waals surface area contributed by atoms with E-state index >= 15 is 0 Å². The number of carbonyl (C=O) groups excluding carboxylic acids is 2. The van der Waals surface area contributed by atoms with Crippen molar-refractivity contribution in [1.82, 2.24) is 25.8 Å². The molecule has 0 aliphatic heterocycles. The first-order valence-corrected chi connectivity index (χ1v) is 3.58. The topological polar surface area (TPSA) is 99.8 Å². The number of carbonyl (C=O) groups is 2. The lowest BCUT2D eigenvalue weighted by molar-refractivity contribution is -0.119. The highest BCUT2D eigenvalue weighted by atomic mass is 16.2. The van der Waals surface area contributed by atoms with Gasteiger partial charge in [0.2, 0.25) is 11.7 Å². The molecule has 1 aromatic heterocycles. The highest BCUT2D eigenvalue weighted by molar-refractivity contribution is 5.93. The van der Waals surface area contributed by atoms with E-state index in [4.69, 9.17) is 0 Å². The zero-order valence-electron chi connectivity index (χ0n) is 7.00. The summed E-state index contributed by atoms with van der Waals surface area (Å²) in [7, 11) is 1.49. The molecule has 2 amide bonds. The summed E-state index contributed by atoms with van der Waals surface area (Å²) in [6.45, 7) is -0.0734. The van der Waals surface area contributed by atoms with E-state index in [0.717, 1.165) is 0 Å². The Morgan fingerprint density at radius 2 is 2.38 bits per heavy atom. The smallest absolute Gasteiger partial charge is 0.289 e. The maximum atomic E-state index is 11.1. The summed E-state index contributed by atoms with van der Waals surface area (Å²) in [6.07, 6.45) is 1.22. The van der Waals surface area contributed by atoms with Crippen LogP contribution in [0.3, 0.4) is 0 Å². The van der Waals surface area contributed by atoms with Crippen molar-refractivity contribution in [3.8, 4) is 0 Å². The molecule has 0 aliphatic rings. The van der Waals surface area contributed by atoms with E-state index < -0.39 is 5.91 Å². The number of hydrogen-bond donors (Lipinski definition) is 3. The molecule has 1 aromatic rings. The van der Waals surface area contributed by atoms with E-state index in [1.54, 1.807) is 0 Å². The van der Waals surface area contributed by atoms with Crippen LogP contribution in [0.25, 0.3) is 0 Å².